The van der Waals surface area contributed by atoms with Crippen molar-refractivity contribution in [3.63, 3.8) is 0 Å². The molecular formula is C68H50N6+2. The lowest BCUT2D eigenvalue weighted by Gasteiger charge is -2.32. The first-order valence-corrected chi connectivity index (χ1v) is 25.3. The van der Waals surface area contributed by atoms with E-state index in [0.717, 1.165) is 101 Å². The highest BCUT2D eigenvalue weighted by Crippen LogP contribution is 2.52. The maximum atomic E-state index is 2.48. The number of benzene rings is 12. The second-order valence-corrected chi connectivity index (χ2v) is 19.1. The van der Waals surface area contributed by atoms with Gasteiger partial charge in [0.1, 0.15) is 11.4 Å². The summed E-state index contributed by atoms with van der Waals surface area (Å²) in [5, 5.41) is 7.04. The van der Waals surface area contributed by atoms with E-state index in [4.69, 9.17) is 0 Å². The zero-order valence-corrected chi connectivity index (χ0v) is 41.1. The average Bonchev–Trinajstić information content (AvgIpc) is 3.95. The van der Waals surface area contributed by atoms with Gasteiger partial charge >= 0.3 is 0 Å². The van der Waals surface area contributed by atoms with Crippen LogP contribution in [0.15, 0.2) is 267 Å². The normalized spacial score (nSPS) is 11.6. The van der Waals surface area contributed by atoms with Crippen LogP contribution >= 0.6 is 0 Å². The summed E-state index contributed by atoms with van der Waals surface area (Å²) < 4.78 is 9.68. The smallest absolute Gasteiger partial charge is 0.295 e. The Balaban J connectivity index is 1.21. The van der Waals surface area contributed by atoms with E-state index in [1.807, 2.05) is 0 Å². The lowest BCUT2D eigenvalue weighted by molar-refractivity contribution is -0.633. The summed E-state index contributed by atoms with van der Waals surface area (Å²) >= 11 is 0. The molecule has 0 atom stereocenters. The Bertz CT molecular complexity index is 4010. The molecule has 0 saturated carbocycles. The fraction of sp³-hybridized carbons (Fsp3) is 0.0294. The van der Waals surface area contributed by atoms with E-state index in [9.17, 15) is 0 Å². The van der Waals surface area contributed by atoms with Gasteiger partial charge in [0, 0.05) is 38.9 Å². The Morgan fingerprint density at radius 1 is 0.297 bits per heavy atom. The number of rotatable bonds is 10. The standard InChI is InChI=1S/C68H50N6/c1-69-59-37-21-23-39-61(59)73(51-33-17-7-18-34-51)67(69)57-45-58(68-70(2)60-38-22-24-40-62(60)74(68)52-35-19-8-20-36-52)54-42-44-56-64(72(49-29-13-5-14-30-49)50-31-15-6-16-32-50)46-63(55-43-41-53(57)65(54)66(55)56)71(47-25-9-3-10-26-47)48-27-11-4-12-28-48/h3-46H,1-2H3/q+2. The number of imidazole rings is 2. The van der Waals surface area contributed by atoms with E-state index >= 15 is 0 Å². The third kappa shape index (κ3) is 6.72. The third-order valence-corrected chi connectivity index (χ3v) is 14.9. The van der Waals surface area contributed by atoms with Gasteiger partial charge in [0.15, 0.2) is 22.1 Å². The van der Waals surface area contributed by atoms with Gasteiger partial charge in [-0.1, -0.05) is 158 Å². The van der Waals surface area contributed by atoms with Crippen molar-refractivity contribution in [2.24, 2.45) is 14.1 Å². The maximum Gasteiger partial charge on any atom is 0.295 e. The molecule has 74 heavy (non-hydrogen) atoms. The fourth-order valence-electron chi connectivity index (χ4n) is 11.8. The van der Waals surface area contributed by atoms with Gasteiger partial charge in [0.25, 0.3) is 11.6 Å². The predicted molar refractivity (Wildman–Crippen MR) is 306 cm³/mol. The number of fused-ring (bicyclic) bond motifs is 2. The molecule has 0 aliphatic rings. The number of hydrogen-bond acceptors (Lipinski definition) is 2. The average molecular weight is 951 g/mol. The van der Waals surface area contributed by atoms with Gasteiger partial charge in [-0.15, -0.1) is 0 Å². The van der Waals surface area contributed by atoms with E-state index in [1.165, 1.54) is 21.5 Å². The van der Waals surface area contributed by atoms with E-state index in [1.54, 1.807) is 0 Å². The van der Waals surface area contributed by atoms with Gasteiger partial charge in [0.2, 0.25) is 0 Å². The number of hydrogen-bond donors (Lipinski definition) is 0. The maximum absolute atomic E-state index is 2.48. The van der Waals surface area contributed by atoms with E-state index in [2.05, 4.69) is 309 Å². The van der Waals surface area contributed by atoms with Gasteiger partial charge in [-0.25, -0.2) is 9.13 Å². The van der Waals surface area contributed by atoms with Crippen LogP contribution < -0.4 is 18.9 Å². The second-order valence-electron chi connectivity index (χ2n) is 19.1. The monoisotopic (exact) mass is 950 g/mol. The SMILES string of the molecule is C[n+]1c(-c2cc(-c3n(-c4ccccc4)c4ccccc4[n+]3C)c3ccc4c(N(c5ccccc5)c5ccccc5)cc(N(c5ccccc5)c5ccccc5)c5ccc2c3c54)n(-c2ccccc2)c2ccccc21. The summed E-state index contributed by atoms with van der Waals surface area (Å²) in [7, 11) is 4.45. The molecule has 0 aliphatic carbocycles. The highest BCUT2D eigenvalue weighted by molar-refractivity contribution is 6.32. The quantitative estimate of drug-likeness (QED) is 0.101. The van der Waals surface area contributed by atoms with Crippen molar-refractivity contribution in [2.45, 2.75) is 0 Å². The number of anilines is 6. The van der Waals surface area contributed by atoms with E-state index in [-0.39, 0.29) is 0 Å². The first-order valence-electron chi connectivity index (χ1n) is 25.3. The van der Waals surface area contributed by atoms with Crippen LogP contribution in [0.1, 0.15) is 0 Å². The first kappa shape index (κ1) is 43.0. The molecular weight excluding hydrogens is 901 g/mol. The Morgan fingerprint density at radius 2 is 0.595 bits per heavy atom. The summed E-state index contributed by atoms with van der Waals surface area (Å²) in [6.07, 6.45) is 0. The second kappa shape index (κ2) is 17.5. The minimum Gasteiger partial charge on any atom is -0.310 e. The number of nitrogens with zero attached hydrogens (tertiary/aromatic N) is 6. The van der Waals surface area contributed by atoms with Crippen LogP contribution in [0.25, 0.3) is 88.5 Å². The molecule has 0 radical (unpaired) electrons. The Labute approximate surface area is 429 Å². The van der Waals surface area contributed by atoms with Crippen LogP contribution in [0.4, 0.5) is 34.1 Å². The molecule has 0 bridgehead atoms. The van der Waals surface area contributed by atoms with Gasteiger partial charge in [-0.05, 0) is 125 Å². The molecule has 2 aromatic heterocycles. The Morgan fingerprint density at radius 3 is 0.959 bits per heavy atom. The van der Waals surface area contributed by atoms with Crippen LogP contribution in [-0.2, 0) is 14.1 Å². The molecule has 0 amide bonds. The van der Waals surface area contributed by atoms with Gasteiger partial charge < -0.3 is 9.80 Å². The van der Waals surface area contributed by atoms with Crippen molar-refractivity contribution in [3.05, 3.63) is 267 Å². The number of aryl methyl sites for hydroxylation is 2. The molecule has 0 spiro atoms. The zero-order valence-electron chi connectivity index (χ0n) is 41.1. The molecule has 14 aromatic rings. The summed E-state index contributed by atoms with van der Waals surface area (Å²) in [6, 6.07) is 96.9. The Kier molecular flexibility index (Phi) is 10.2. The number of para-hydroxylation sites is 10. The highest BCUT2D eigenvalue weighted by Gasteiger charge is 2.34. The van der Waals surface area contributed by atoms with E-state index < -0.39 is 0 Å². The van der Waals surface area contributed by atoms with Crippen molar-refractivity contribution < 1.29 is 9.13 Å². The summed E-state index contributed by atoms with van der Waals surface area (Å²) in [6.45, 7) is 0. The molecule has 6 nitrogen and oxygen atoms in total. The fourth-order valence-corrected chi connectivity index (χ4v) is 11.8. The van der Waals surface area contributed by atoms with Gasteiger partial charge in [0.05, 0.1) is 36.6 Å². The van der Waals surface area contributed by atoms with Crippen LogP contribution in [0.3, 0.4) is 0 Å². The van der Waals surface area contributed by atoms with Crippen molar-refractivity contribution >= 4 is 88.5 Å². The van der Waals surface area contributed by atoms with E-state index in [0.29, 0.717) is 0 Å². The first-order chi connectivity index (χ1) is 36.6. The molecule has 12 aromatic carbocycles. The molecule has 350 valence electrons. The minimum absolute atomic E-state index is 1.07. The van der Waals surface area contributed by atoms with Crippen molar-refractivity contribution in [2.75, 3.05) is 9.80 Å². The molecule has 0 aliphatic heterocycles. The predicted octanol–water partition coefficient (Wildman–Crippen LogP) is 16.4. The topological polar surface area (TPSA) is 24.1 Å². The summed E-state index contributed by atoms with van der Waals surface area (Å²) in [5.41, 5.74) is 15.5. The van der Waals surface area contributed by atoms with Crippen LogP contribution in [0.5, 0.6) is 0 Å². The largest absolute Gasteiger partial charge is 0.310 e. The molecule has 0 fully saturated rings. The minimum atomic E-state index is 1.07. The summed E-state index contributed by atoms with van der Waals surface area (Å²) in [4.78, 5) is 4.87. The Hall–Kier alpha value is -9.78. The van der Waals surface area contributed by atoms with Gasteiger partial charge in [-0.3, -0.25) is 0 Å². The molecule has 0 N–H and O–H groups in total. The van der Waals surface area contributed by atoms with Crippen molar-refractivity contribution in [1.29, 1.82) is 0 Å². The van der Waals surface area contributed by atoms with Crippen LogP contribution in [0, 0.1) is 0 Å². The molecule has 14 rings (SSSR count). The molecule has 0 saturated heterocycles. The van der Waals surface area contributed by atoms with Crippen molar-refractivity contribution in [3.8, 4) is 34.2 Å². The molecule has 2 heterocycles. The van der Waals surface area contributed by atoms with Crippen LogP contribution in [0.2, 0.25) is 0 Å². The van der Waals surface area contributed by atoms with Crippen LogP contribution in [-0.4, -0.2) is 9.13 Å². The molecule has 6 heteroatoms. The van der Waals surface area contributed by atoms with Gasteiger partial charge in [-0.2, -0.15) is 9.13 Å². The van der Waals surface area contributed by atoms with Crippen molar-refractivity contribution in [1.82, 2.24) is 9.13 Å². The highest BCUT2D eigenvalue weighted by atomic mass is 15.2. The zero-order chi connectivity index (χ0) is 49.3. The third-order valence-electron chi connectivity index (χ3n) is 14.9. The molecule has 0 unspecified atom stereocenters. The lowest BCUT2D eigenvalue weighted by Crippen LogP contribution is -2.31. The number of aromatic nitrogens is 4. The summed E-state index contributed by atoms with van der Waals surface area (Å²) in [5.74, 6) is 2.18. The lowest BCUT2D eigenvalue weighted by atomic mass is 9.87.